The summed E-state index contributed by atoms with van der Waals surface area (Å²) in [7, 11) is 0. The largest absolute Gasteiger partial charge is 0.481 e. The maximum atomic E-state index is 10.3. The SMILES string of the molecule is CC1=CC(C)(C)Nc2ccccc21.CCCCCCCCCCCCCCCCCC(=O)O.[Zn]. The average molecular weight is 523 g/mol. The number of nitrogens with one attached hydrogen (secondary N) is 1. The molecule has 190 valence electrons. The van der Waals surface area contributed by atoms with Crippen molar-refractivity contribution in [3.05, 3.63) is 35.9 Å². The predicted molar refractivity (Wildman–Crippen MR) is 145 cm³/mol. The minimum absolute atomic E-state index is 0. The van der Waals surface area contributed by atoms with E-state index in [1.54, 1.807) is 0 Å². The first-order valence-corrected chi connectivity index (χ1v) is 13.6. The predicted octanol–water partition coefficient (Wildman–Crippen LogP) is 9.62. The van der Waals surface area contributed by atoms with Crippen LogP contribution in [0.15, 0.2) is 30.3 Å². The summed E-state index contributed by atoms with van der Waals surface area (Å²) < 4.78 is 0. The minimum atomic E-state index is -0.653. The molecule has 0 saturated heterocycles. The summed E-state index contributed by atoms with van der Waals surface area (Å²) >= 11 is 0. The minimum Gasteiger partial charge on any atom is -0.481 e. The summed E-state index contributed by atoms with van der Waals surface area (Å²) in [6, 6.07) is 8.44. The first-order chi connectivity index (χ1) is 15.9. The first kappa shape index (κ1) is 32.9. The Morgan fingerprint density at radius 2 is 1.24 bits per heavy atom. The van der Waals surface area contributed by atoms with Crippen LogP contribution < -0.4 is 5.32 Å². The molecule has 2 N–H and O–H groups in total. The summed E-state index contributed by atoms with van der Waals surface area (Å²) in [4.78, 5) is 10.3. The van der Waals surface area contributed by atoms with Gasteiger partial charge in [-0.15, -0.1) is 0 Å². The number of carboxylic acids is 1. The number of hydrogen-bond donors (Lipinski definition) is 2. The van der Waals surface area contributed by atoms with Gasteiger partial charge in [-0.1, -0.05) is 121 Å². The zero-order valence-electron chi connectivity index (χ0n) is 22.8. The molecule has 4 heteroatoms. The molecule has 0 atom stereocenters. The summed E-state index contributed by atoms with van der Waals surface area (Å²) in [6.07, 6.45) is 22.5. The molecule has 1 aromatic rings. The van der Waals surface area contributed by atoms with Gasteiger partial charge in [0.15, 0.2) is 0 Å². The van der Waals surface area contributed by atoms with Gasteiger partial charge < -0.3 is 10.4 Å². The molecule has 0 spiro atoms. The number of rotatable bonds is 16. The Morgan fingerprint density at radius 1 is 0.794 bits per heavy atom. The normalized spacial score (nSPS) is 13.5. The molecule has 0 bridgehead atoms. The third-order valence-electron chi connectivity index (χ3n) is 6.38. The second kappa shape index (κ2) is 20.1. The van der Waals surface area contributed by atoms with Crippen molar-refractivity contribution in [3.8, 4) is 0 Å². The third kappa shape index (κ3) is 16.5. The van der Waals surface area contributed by atoms with Gasteiger partial charge in [0.2, 0.25) is 0 Å². The Hall–Kier alpha value is -1.15. The summed E-state index contributed by atoms with van der Waals surface area (Å²) in [6.45, 7) is 8.81. The van der Waals surface area contributed by atoms with E-state index < -0.39 is 5.97 Å². The molecule has 2 rings (SSSR count). The fourth-order valence-corrected chi connectivity index (χ4v) is 4.59. The molecule has 1 heterocycles. The van der Waals surface area contributed by atoms with E-state index in [9.17, 15) is 4.79 Å². The number of para-hydroxylation sites is 1. The van der Waals surface area contributed by atoms with Gasteiger partial charge in [0, 0.05) is 37.1 Å². The second-order valence-corrected chi connectivity index (χ2v) is 10.3. The van der Waals surface area contributed by atoms with Crippen LogP contribution >= 0.6 is 0 Å². The smallest absolute Gasteiger partial charge is 0.303 e. The van der Waals surface area contributed by atoms with Crippen molar-refractivity contribution in [2.45, 2.75) is 136 Å². The summed E-state index contributed by atoms with van der Waals surface area (Å²) in [5.41, 5.74) is 4.01. The van der Waals surface area contributed by atoms with E-state index in [0.29, 0.717) is 6.42 Å². The van der Waals surface area contributed by atoms with Gasteiger partial charge in [-0.05, 0) is 38.8 Å². The summed E-state index contributed by atoms with van der Waals surface area (Å²) in [5, 5.41) is 12.0. The molecular formula is C30H51NO2Zn. The molecule has 0 saturated carbocycles. The van der Waals surface area contributed by atoms with Gasteiger partial charge in [0.1, 0.15) is 0 Å². The summed E-state index contributed by atoms with van der Waals surface area (Å²) in [5.74, 6) is -0.653. The van der Waals surface area contributed by atoms with Crippen molar-refractivity contribution < 1.29 is 29.4 Å². The Labute approximate surface area is 223 Å². The molecule has 34 heavy (non-hydrogen) atoms. The van der Waals surface area contributed by atoms with Crippen molar-refractivity contribution in [1.82, 2.24) is 0 Å². The van der Waals surface area contributed by atoms with E-state index in [-0.39, 0.29) is 25.0 Å². The van der Waals surface area contributed by atoms with Crippen molar-refractivity contribution in [3.63, 3.8) is 0 Å². The van der Waals surface area contributed by atoms with Crippen LogP contribution in [0.25, 0.3) is 5.57 Å². The zero-order valence-corrected chi connectivity index (χ0v) is 25.7. The fourth-order valence-electron chi connectivity index (χ4n) is 4.59. The van der Waals surface area contributed by atoms with Crippen molar-refractivity contribution in [2.75, 3.05) is 5.32 Å². The van der Waals surface area contributed by atoms with Crippen LogP contribution in [0.4, 0.5) is 5.69 Å². The molecule has 3 nitrogen and oxygen atoms in total. The van der Waals surface area contributed by atoms with Crippen LogP contribution in [0.1, 0.15) is 136 Å². The van der Waals surface area contributed by atoms with Crippen LogP contribution in [-0.2, 0) is 24.3 Å². The maximum absolute atomic E-state index is 10.3. The monoisotopic (exact) mass is 521 g/mol. The quantitative estimate of drug-likeness (QED) is 0.168. The molecule has 0 fully saturated rings. The number of fused-ring (bicyclic) bond motifs is 1. The Morgan fingerprint density at radius 3 is 1.71 bits per heavy atom. The van der Waals surface area contributed by atoms with Crippen LogP contribution in [0.5, 0.6) is 0 Å². The van der Waals surface area contributed by atoms with E-state index >= 15 is 0 Å². The van der Waals surface area contributed by atoms with Gasteiger partial charge in [-0.2, -0.15) is 0 Å². The Kier molecular flexibility index (Phi) is 19.4. The number of carbonyl (C=O) groups is 1. The number of unbranched alkanes of at least 4 members (excludes halogenated alkanes) is 14. The molecule has 0 aromatic heterocycles. The van der Waals surface area contributed by atoms with Crippen molar-refractivity contribution >= 4 is 17.2 Å². The van der Waals surface area contributed by atoms with E-state index in [1.807, 2.05) is 0 Å². The standard InChI is InChI=1S/C18H36O2.C12H15N.Zn/c1-2-3-4-5-6-7-8-9-10-11-12-13-14-15-16-17-18(19)20;1-9-8-12(2,3)13-11-7-5-4-6-10(9)11;/h2-17H2,1H3,(H,19,20);4-8,13H,1-3H3;. The molecule has 1 aliphatic heterocycles. The molecule has 1 aliphatic rings. The van der Waals surface area contributed by atoms with Crippen LogP contribution in [0.3, 0.4) is 0 Å². The van der Waals surface area contributed by atoms with Gasteiger partial charge in [0.05, 0.1) is 5.54 Å². The molecule has 1 aromatic carbocycles. The Bertz CT molecular complexity index is 684. The number of carboxylic acid groups (broad SMARTS) is 1. The fraction of sp³-hybridized carbons (Fsp3) is 0.700. The zero-order chi connectivity index (χ0) is 24.4. The third-order valence-corrected chi connectivity index (χ3v) is 6.38. The van der Waals surface area contributed by atoms with Gasteiger partial charge in [-0.25, -0.2) is 0 Å². The average Bonchev–Trinajstić information content (AvgIpc) is 2.76. The molecule has 0 radical (unpaired) electrons. The van der Waals surface area contributed by atoms with Crippen molar-refractivity contribution in [2.24, 2.45) is 0 Å². The second-order valence-electron chi connectivity index (χ2n) is 10.3. The maximum Gasteiger partial charge on any atom is 0.303 e. The van der Waals surface area contributed by atoms with E-state index in [4.69, 9.17) is 5.11 Å². The molecule has 0 unspecified atom stereocenters. The number of aliphatic carboxylic acids is 1. The van der Waals surface area contributed by atoms with Gasteiger partial charge in [-0.3, -0.25) is 4.79 Å². The van der Waals surface area contributed by atoms with Crippen LogP contribution in [0.2, 0.25) is 0 Å². The first-order valence-electron chi connectivity index (χ1n) is 13.6. The molecule has 0 amide bonds. The number of allylic oxidation sites excluding steroid dienone is 1. The van der Waals surface area contributed by atoms with Crippen molar-refractivity contribution in [1.29, 1.82) is 0 Å². The topological polar surface area (TPSA) is 49.3 Å². The van der Waals surface area contributed by atoms with E-state index in [2.05, 4.69) is 63.4 Å². The molecular weight excluding hydrogens is 472 g/mol. The number of anilines is 1. The van der Waals surface area contributed by atoms with E-state index in [0.717, 1.165) is 12.8 Å². The van der Waals surface area contributed by atoms with Crippen LogP contribution in [-0.4, -0.2) is 16.6 Å². The number of benzene rings is 1. The van der Waals surface area contributed by atoms with Gasteiger partial charge >= 0.3 is 5.97 Å². The van der Waals surface area contributed by atoms with E-state index in [1.165, 1.54) is 100 Å². The number of hydrogen-bond acceptors (Lipinski definition) is 2. The molecule has 0 aliphatic carbocycles. The van der Waals surface area contributed by atoms with Gasteiger partial charge in [0.25, 0.3) is 0 Å². The Balaban J connectivity index is 0.000000668. The van der Waals surface area contributed by atoms with Crippen LogP contribution in [0, 0.1) is 0 Å².